The lowest BCUT2D eigenvalue weighted by Gasteiger charge is -2.18. The Morgan fingerprint density at radius 3 is 2.64 bits per heavy atom. The molecule has 130 valence electrons. The average molecular weight is 338 g/mol. The maximum atomic E-state index is 13.0. The molecule has 0 saturated carbocycles. The molecule has 0 aliphatic heterocycles. The summed E-state index contributed by atoms with van der Waals surface area (Å²) < 4.78 is 5.29. The van der Waals surface area contributed by atoms with E-state index in [0.29, 0.717) is 22.4 Å². The molecule has 6 heteroatoms. The van der Waals surface area contributed by atoms with Gasteiger partial charge in [0.15, 0.2) is 0 Å². The van der Waals surface area contributed by atoms with Crippen molar-refractivity contribution < 1.29 is 9.32 Å². The molecule has 6 nitrogen and oxygen atoms in total. The minimum atomic E-state index is -0.199. The molecular weight excluding hydrogens is 316 g/mol. The van der Waals surface area contributed by atoms with Crippen LogP contribution >= 0.6 is 0 Å². The van der Waals surface area contributed by atoms with E-state index in [1.807, 2.05) is 70.1 Å². The highest BCUT2D eigenvalue weighted by molar-refractivity contribution is 6.13. The number of amides is 1. The number of hydrogen-bond acceptors (Lipinski definition) is 5. The van der Waals surface area contributed by atoms with Gasteiger partial charge >= 0.3 is 0 Å². The van der Waals surface area contributed by atoms with Gasteiger partial charge in [-0.15, -0.1) is 0 Å². The van der Waals surface area contributed by atoms with Crippen LogP contribution in [0.4, 0.5) is 11.4 Å². The number of hydrogen-bond donors (Lipinski definition) is 1. The SMILES string of the molecule is Cc1noc2nc(C(C)C)cc(C(=O)Nc3ccccc3N(C)C)c12. The smallest absolute Gasteiger partial charge is 0.259 e. The summed E-state index contributed by atoms with van der Waals surface area (Å²) >= 11 is 0. The standard InChI is InChI=1S/C19H22N4O2/c1-11(2)15-10-13(17-12(3)22-25-19(17)21-15)18(24)20-14-8-6-7-9-16(14)23(4)5/h6-11H,1-5H3,(H,20,24). The minimum Gasteiger partial charge on any atom is -0.376 e. The lowest BCUT2D eigenvalue weighted by Crippen LogP contribution is -2.17. The van der Waals surface area contributed by atoms with Crippen molar-refractivity contribution in [3.63, 3.8) is 0 Å². The molecule has 3 rings (SSSR count). The lowest BCUT2D eigenvalue weighted by molar-refractivity contribution is 0.102. The number of nitrogens with zero attached hydrogens (tertiary/aromatic N) is 3. The first-order valence-corrected chi connectivity index (χ1v) is 8.23. The van der Waals surface area contributed by atoms with Crippen LogP contribution in [-0.4, -0.2) is 30.1 Å². The maximum absolute atomic E-state index is 13.0. The first-order chi connectivity index (χ1) is 11.9. The fourth-order valence-corrected chi connectivity index (χ4v) is 2.75. The van der Waals surface area contributed by atoms with Gasteiger partial charge in [0.25, 0.3) is 11.6 Å². The third-order valence-corrected chi connectivity index (χ3v) is 4.11. The Labute approximate surface area is 146 Å². The molecule has 0 saturated heterocycles. The van der Waals surface area contributed by atoms with E-state index >= 15 is 0 Å². The van der Waals surface area contributed by atoms with E-state index in [2.05, 4.69) is 15.5 Å². The fourth-order valence-electron chi connectivity index (χ4n) is 2.75. The predicted octanol–water partition coefficient (Wildman–Crippen LogP) is 3.97. The summed E-state index contributed by atoms with van der Waals surface area (Å²) in [6.07, 6.45) is 0. The molecule has 25 heavy (non-hydrogen) atoms. The van der Waals surface area contributed by atoms with Crippen molar-refractivity contribution in [3.05, 3.63) is 47.3 Å². The second-order valence-electron chi connectivity index (χ2n) is 6.56. The summed E-state index contributed by atoms with van der Waals surface area (Å²) in [6, 6.07) is 9.51. The molecule has 3 aromatic rings. The van der Waals surface area contributed by atoms with Crippen molar-refractivity contribution in [1.82, 2.24) is 10.1 Å². The van der Waals surface area contributed by atoms with Crippen molar-refractivity contribution >= 4 is 28.4 Å². The molecule has 0 bridgehead atoms. The fraction of sp³-hybridized carbons (Fsp3) is 0.316. The topological polar surface area (TPSA) is 71.3 Å². The Morgan fingerprint density at radius 2 is 1.96 bits per heavy atom. The average Bonchev–Trinajstić information content (AvgIpc) is 2.95. The molecule has 0 unspecified atom stereocenters. The Balaban J connectivity index is 2.07. The normalized spacial score (nSPS) is 11.1. The largest absolute Gasteiger partial charge is 0.376 e. The van der Waals surface area contributed by atoms with Crippen LogP contribution in [0.25, 0.3) is 11.1 Å². The van der Waals surface area contributed by atoms with Crippen LogP contribution in [-0.2, 0) is 0 Å². The molecule has 0 spiro atoms. The van der Waals surface area contributed by atoms with Crippen molar-refractivity contribution in [2.24, 2.45) is 0 Å². The third-order valence-electron chi connectivity index (χ3n) is 4.11. The van der Waals surface area contributed by atoms with Gasteiger partial charge in [-0.3, -0.25) is 4.79 Å². The molecule has 0 aliphatic carbocycles. The third kappa shape index (κ3) is 3.20. The van der Waals surface area contributed by atoms with Gasteiger partial charge in [-0.25, -0.2) is 4.98 Å². The van der Waals surface area contributed by atoms with Gasteiger partial charge in [0.1, 0.15) is 0 Å². The number of aryl methyl sites for hydroxylation is 1. The molecule has 0 aliphatic rings. The van der Waals surface area contributed by atoms with Crippen molar-refractivity contribution in [1.29, 1.82) is 0 Å². The van der Waals surface area contributed by atoms with Crippen molar-refractivity contribution in [2.45, 2.75) is 26.7 Å². The van der Waals surface area contributed by atoms with E-state index in [-0.39, 0.29) is 11.8 Å². The van der Waals surface area contributed by atoms with E-state index < -0.39 is 0 Å². The van der Waals surface area contributed by atoms with Crippen LogP contribution < -0.4 is 10.2 Å². The second kappa shape index (κ2) is 6.55. The summed E-state index contributed by atoms with van der Waals surface area (Å²) in [6.45, 7) is 5.87. The molecule has 2 heterocycles. The highest BCUT2D eigenvalue weighted by Crippen LogP contribution is 2.28. The van der Waals surface area contributed by atoms with E-state index in [0.717, 1.165) is 17.1 Å². The van der Waals surface area contributed by atoms with Gasteiger partial charge in [0, 0.05) is 19.8 Å². The Morgan fingerprint density at radius 1 is 1.24 bits per heavy atom. The number of pyridine rings is 1. The number of nitrogens with one attached hydrogen (secondary N) is 1. The number of rotatable bonds is 4. The first-order valence-electron chi connectivity index (χ1n) is 8.23. The van der Waals surface area contributed by atoms with Gasteiger partial charge in [-0.2, -0.15) is 0 Å². The summed E-state index contributed by atoms with van der Waals surface area (Å²) in [5, 5.41) is 7.63. The van der Waals surface area contributed by atoms with Gasteiger partial charge in [-0.1, -0.05) is 31.1 Å². The number of carbonyl (C=O) groups is 1. The van der Waals surface area contributed by atoms with Crippen LogP contribution in [0.2, 0.25) is 0 Å². The minimum absolute atomic E-state index is 0.176. The van der Waals surface area contributed by atoms with Crippen molar-refractivity contribution in [2.75, 3.05) is 24.3 Å². The first kappa shape index (κ1) is 17.0. The number of para-hydroxylation sites is 2. The summed E-state index contributed by atoms with van der Waals surface area (Å²) in [4.78, 5) is 19.4. The van der Waals surface area contributed by atoms with Gasteiger partial charge in [-0.05, 0) is 31.0 Å². The van der Waals surface area contributed by atoms with Crippen LogP contribution in [0, 0.1) is 6.92 Å². The quantitative estimate of drug-likeness (QED) is 0.779. The van der Waals surface area contributed by atoms with Gasteiger partial charge in [0.05, 0.1) is 28.0 Å². The van der Waals surface area contributed by atoms with E-state index in [1.54, 1.807) is 0 Å². The maximum Gasteiger partial charge on any atom is 0.259 e. The van der Waals surface area contributed by atoms with Crippen LogP contribution in [0.1, 0.15) is 41.5 Å². The zero-order valence-corrected chi connectivity index (χ0v) is 15.1. The zero-order valence-electron chi connectivity index (χ0n) is 15.1. The molecule has 0 radical (unpaired) electrons. The molecular formula is C19H22N4O2. The predicted molar refractivity (Wildman–Crippen MR) is 99.4 cm³/mol. The molecule has 1 aromatic carbocycles. The van der Waals surface area contributed by atoms with E-state index in [4.69, 9.17) is 4.52 Å². The monoisotopic (exact) mass is 338 g/mol. The van der Waals surface area contributed by atoms with Crippen LogP contribution in [0.5, 0.6) is 0 Å². The summed E-state index contributed by atoms with van der Waals surface area (Å²) in [5.74, 6) is -0.0229. The zero-order chi connectivity index (χ0) is 18.1. The van der Waals surface area contributed by atoms with Crippen molar-refractivity contribution in [3.8, 4) is 0 Å². The highest BCUT2D eigenvalue weighted by atomic mass is 16.5. The number of fused-ring (bicyclic) bond motifs is 1. The summed E-state index contributed by atoms with van der Waals surface area (Å²) in [5.41, 5.74) is 4.07. The second-order valence-corrected chi connectivity index (χ2v) is 6.56. The molecule has 1 N–H and O–H groups in total. The van der Waals surface area contributed by atoms with Crippen LogP contribution in [0.3, 0.4) is 0 Å². The van der Waals surface area contributed by atoms with E-state index in [1.165, 1.54) is 0 Å². The molecule has 2 aromatic heterocycles. The van der Waals surface area contributed by atoms with E-state index in [9.17, 15) is 4.79 Å². The molecule has 0 atom stereocenters. The lowest BCUT2D eigenvalue weighted by atomic mass is 10.0. The number of carbonyl (C=O) groups excluding carboxylic acids is 1. The Bertz CT molecular complexity index is 928. The van der Waals surface area contributed by atoms with Crippen LogP contribution in [0.15, 0.2) is 34.9 Å². The molecule has 1 amide bonds. The van der Waals surface area contributed by atoms with Gasteiger partial charge < -0.3 is 14.7 Å². The van der Waals surface area contributed by atoms with Gasteiger partial charge in [0.2, 0.25) is 0 Å². The molecule has 0 fully saturated rings. The Kier molecular flexibility index (Phi) is 4.44. The number of benzene rings is 1. The Hall–Kier alpha value is -2.89. The summed E-state index contributed by atoms with van der Waals surface area (Å²) in [7, 11) is 3.88. The highest BCUT2D eigenvalue weighted by Gasteiger charge is 2.20. The number of aromatic nitrogens is 2. The number of anilines is 2.